The van der Waals surface area contributed by atoms with E-state index in [1.807, 2.05) is 30.3 Å². The summed E-state index contributed by atoms with van der Waals surface area (Å²) in [5.74, 6) is -1.09. The van der Waals surface area contributed by atoms with Crippen molar-refractivity contribution < 1.29 is 27.6 Å². The van der Waals surface area contributed by atoms with Crippen LogP contribution in [0, 0.1) is 5.82 Å². The number of rotatable bonds is 9. The van der Waals surface area contributed by atoms with Gasteiger partial charge in [-0.2, -0.15) is 0 Å². The molecule has 34 heavy (non-hydrogen) atoms. The lowest BCUT2D eigenvalue weighted by molar-refractivity contribution is 0.0970. The molecule has 0 atom stereocenters. The van der Waals surface area contributed by atoms with Gasteiger partial charge in [0.05, 0.1) is 0 Å². The summed E-state index contributed by atoms with van der Waals surface area (Å²) in [6, 6.07) is 19.4. The molecule has 2 heterocycles. The molecule has 0 aliphatic carbocycles. The third-order valence-electron chi connectivity index (χ3n) is 4.82. The Hall–Kier alpha value is -4.46. The summed E-state index contributed by atoms with van der Waals surface area (Å²) in [6.45, 7) is 0.0609. The molecule has 0 aliphatic rings. The van der Waals surface area contributed by atoms with Gasteiger partial charge in [-0.1, -0.05) is 47.6 Å². The summed E-state index contributed by atoms with van der Waals surface area (Å²) in [6.07, 6.45) is 1.52. The zero-order valence-electron chi connectivity index (χ0n) is 18.2. The highest BCUT2D eigenvalue weighted by atomic mass is 19.1. The summed E-state index contributed by atoms with van der Waals surface area (Å²) in [5.41, 5.74) is 1.07. The van der Waals surface area contributed by atoms with Gasteiger partial charge in [-0.25, -0.2) is 4.39 Å². The number of benzene rings is 2. The molecule has 0 spiro atoms. The molecular weight excluding hydrogens is 441 g/mol. The quantitative estimate of drug-likeness (QED) is 0.203. The fourth-order valence-corrected chi connectivity index (χ4v) is 3.19. The van der Waals surface area contributed by atoms with Crippen LogP contribution in [0.4, 0.5) is 4.39 Å². The van der Waals surface area contributed by atoms with Crippen molar-refractivity contribution in [3.63, 3.8) is 0 Å². The van der Waals surface area contributed by atoms with Crippen LogP contribution in [0.3, 0.4) is 0 Å². The predicted octanol–water partition coefficient (Wildman–Crippen LogP) is 4.75. The number of ketones is 1. The molecule has 172 valence electrons. The van der Waals surface area contributed by atoms with Gasteiger partial charge in [0.15, 0.2) is 11.5 Å². The van der Waals surface area contributed by atoms with Crippen molar-refractivity contribution in [3.8, 4) is 5.75 Å². The number of nitrogens with zero attached hydrogens (tertiary/aromatic N) is 1. The van der Waals surface area contributed by atoms with Crippen LogP contribution in [0.1, 0.15) is 39.0 Å². The third-order valence-corrected chi connectivity index (χ3v) is 4.82. The summed E-state index contributed by atoms with van der Waals surface area (Å²) < 4.78 is 30.2. The summed E-state index contributed by atoms with van der Waals surface area (Å²) in [5, 5.41) is 3.58. The van der Waals surface area contributed by atoms with E-state index in [0.717, 1.165) is 17.2 Å². The van der Waals surface area contributed by atoms with E-state index in [-0.39, 0.29) is 35.5 Å². The maximum atomic E-state index is 13.2. The van der Waals surface area contributed by atoms with E-state index < -0.39 is 11.2 Å². The number of furan rings is 1. The van der Waals surface area contributed by atoms with Crippen LogP contribution in [-0.2, 0) is 17.9 Å². The van der Waals surface area contributed by atoms with Crippen molar-refractivity contribution >= 4 is 12.0 Å². The van der Waals surface area contributed by atoms with Crippen LogP contribution < -0.4 is 10.2 Å². The molecule has 4 aromatic rings. The number of hydrogen-bond acceptors (Lipinski definition) is 7. The van der Waals surface area contributed by atoms with Gasteiger partial charge >= 0.3 is 0 Å². The lowest BCUT2D eigenvalue weighted by Crippen LogP contribution is -2.15. The van der Waals surface area contributed by atoms with Crippen LogP contribution in [0.25, 0.3) is 0 Å². The zero-order chi connectivity index (χ0) is 23.9. The van der Waals surface area contributed by atoms with Gasteiger partial charge in [-0.3, -0.25) is 9.59 Å². The Morgan fingerprint density at radius 1 is 1.00 bits per heavy atom. The fraction of sp³-hybridized carbons (Fsp3) is 0.115. The van der Waals surface area contributed by atoms with Gasteiger partial charge in [0.1, 0.15) is 31.5 Å². The zero-order valence-corrected chi connectivity index (χ0v) is 18.2. The maximum absolute atomic E-state index is 13.2. The Balaban J connectivity index is 1.64. The molecule has 4 rings (SSSR count). The SMILES string of the molecule is CO/N=C/c1cc(=O)c(OCc2ccccc2)c(C(=O)c2ccc(Cc3ccc(F)cc3)o2)o1. The smallest absolute Gasteiger partial charge is 0.267 e. The Labute approximate surface area is 194 Å². The Morgan fingerprint density at radius 2 is 1.76 bits per heavy atom. The molecule has 0 fully saturated rings. The molecule has 0 N–H and O–H groups in total. The van der Waals surface area contributed by atoms with Crippen LogP contribution in [0.15, 0.2) is 91.6 Å². The number of ether oxygens (including phenoxy) is 1. The Morgan fingerprint density at radius 3 is 2.50 bits per heavy atom. The average Bonchev–Trinajstić information content (AvgIpc) is 3.32. The highest BCUT2D eigenvalue weighted by Gasteiger charge is 2.25. The van der Waals surface area contributed by atoms with Crippen LogP contribution in [0.5, 0.6) is 5.75 Å². The minimum absolute atomic E-state index is 0.0142. The first-order valence-corrected chi connectivity index (χ1v) is 10.3. The van der Waals surface area contributed by atoms with Crippen molar-refractivity contribution in [2.75, 3.05) is 7.11 Å². The van der Waals surface area contributed by atoms with E-state index in [2.05, 4.69) is 9.99 Å². The molecule has 0 saturated carbocycles. The minimum atomic E-state index is -0.668. The lowest BCUT2D eigenvalue weighted by atomic mass is 10.1. The molecule has 0 amide bonds. The van der Waals surface area contributed by atoms with Gasteiger partial charge in [0, 0.05) is 12.5 Å². The fourth-order valence-electron chi connectivity index (χ4n) is 3.19. The second-order valence-electron chi connectivity index (χ2n) is 7.26. The van der Waals surface area contributed by atoms with Crippen molar-refractivity contribution in [2.24, 2.45) is 5.16 Å². The molecule has 8 heteroatoms. The van der Waals surface area contributed by atoms with E-state index >= 15 is 0 Å². The molecule has 0 radical (unpaired) electrons. The van der Waals surface area contributed by atoms with Crippen molar-refractivity contribution in [1.29, 1.82) is 0 Å². The maximum Gasteiger partial charge on any atom is 0.267 e. The van der Waals surface area contributed by atoms with Crippen molar-refractivity contribution in [1.82, 2.24) is 0 Å². The van der Waals surface area contributed by atoms with Crippen molar-refractivity contribution in [2.45, 2.75) is 13.0 Å². The number of oxime groups is 1. The first-order chi connectivity index (χ1) is 16.5. The van der Waals surface area contributed by atoms with Gasteiger partial charge in [-0.05, 0) is 35.4 Å². The summed E-state index contributed by atoms with van der Waals surface area (Å²) in [7, 11) is 1.34. The minimum Gasteiger partial charge on any atom is -0.481 e. The number of carbonyl (C=O) groups is 1. The predicted molar refractivity (Wildman–Crippen MR) is 122 cm³/mol. The first kappa shape index (κ1) is 22.7. The second-order valence-corrected chi connectivity index (χ2v) is 7.26. The topological polar surface area (TPSA) is 91.2 Å². The molecule has 0 unspecified atom stereocenters. The van der Waals surface area contributed by atoms with Crippen LogP contribution in [0.2, 0.25) is 0 Å². The number of halogens is 1. The van der Waals surface area contributed by atoms with E-state index in [9.17, 15) is 14.0 Å². The van der Waals surface area contributed by atoms with Crippen LogP contribution in [-0.4, -0.2) is 19.1 Å². The monoisotopic (exact) mass is 461 g/mol. The van der Waals surface area contributed by atoms with Gasteiger partial charge in [0.25, 0.3) is 5.78 Å². The average molecular weight is 461 g/mol. The number of hydrogen-bond donors (Lipinski definition) is 0. The molecule has 0 aliphatic heterocycles. The largest absolute Gasteiger partial charge is 0.481 e. The van der Waals surface area contributed by atoms with E-state index in [0.29, 0.717) is 12.2 Å². The molecule has 7 nitrogen and oxygen atoms in total. The van der Waals surface area contributed by atoms with Crippen molar-refractivity contribution in [3.05, 3.63) is 123 Å². The molecule has 2 aromatic heterocycles. The standard InChI is InChI=1S/C26H20FNO6/c1-31-28-15-21-14-22(29)25(32-16-18-5-3-2-4-6-18)26(34-21)24(30)23-12-11-20(33-23)13-17-7-9-19(27)10-8-17/h2-12,14-15H,13,16H2,1H3/b28-15+. The molecular formula is C26H20FNO6. The second kappa shape index (κ2) is 10.4. The normalized spacial score (nSPS) is 11.0. The van der Waals surface area contributed by atoms with E-state index in [1.54, 1.807) is 18.2 Å². The Kier molecular flexibility index (Phi) is 6.98. The highest BCUT2D eigenvalue weighted by Crippen LogP contribution is 2.23. The molecule has 0 bridgehead atoms. The van der Waals surface area contributed by atoms with Gasteiger partial charge in [0.2, 0.25) is 16.9 Å². The van der Waals surface area contributed by atoms with Gasteiger partial charge in [-0.15, -0.1) is 0 Å². The lowest BCUT2D eigenvalue weighted by Gasteiger charge is -2.09. The summed E-state index contributed by atoms with van der Waals surface area (Å²) >= 11 is 0. The molecule has 0 saturated heterocycles. The highest BCUT2D eigenvalue weighted by molar-refractivity contribution is 6.07. The first-order valence-electron chi connectivity index (χ1n) is 10.3. The van der Waals surface area contributed by atoms with E-state index in [4.69, 9.17) is 13.6 Å². The van der Waals surface area contributed by atoms with E-state index in [1.165, 1.54) is 31.5 Å². The van der Waals surface area contributed by atoms with Gasteiger partial charge < -0.3 is 18.4 Å². The Bertz CT molecular complexity index is 1360. The number of carbonyl (C=O) groups excluding carboxylic acids is 1. The molecule has 2 aromatic carbocycles. The third kappa shape index (κ3) is 5.47. The van der Waals surface area contributed by atoms with Crippen LogP contribution >= 0.6 is 0 Å². The summed E-state index contributed by atoms with van der Waals surface area (Å²) in [4.78, 5) is 30.6.